The maximum absolute atomic E-state index is 13.1. The molecule has 0 aliphatic heterocycles. The van der Waals surface area contributed by atoms with Crippen molar-refractivity contribution in [1.29, 1.82) is 0 Å². The Bertz CT molecular complexity index is 1140. The lowest BCUT2D eigenvalue weighted by molar-refractivity contribution is -0.0659. The van der Waals surface area contributed by atoms with Crippen LogP contribution in [0.25, 0.3) is 11.1 Å². The molecule has 5 rings (SSSR count). The summed E-state index contributed by atoms with van der Waals surface area (Å²) in [4.78, 5) is 13.1. The van der Waals surface area contributed by atoms with E-state index in [9.17, 15) is 4.79 Å². The number of fused-ring (bicyclic) bond motifs is 2. The highest BCUT2D eigenvalue weighted by Crippen LogP contribution is 2.48. The first-order valence-electron chi connectivity index (χ1n) is 12.3. The summed E-state index contributed by atoms with van der Waals surface area (Å²) < 4.78 is 22.7. The van der Waals surface area contributed by atoms with Crippen molar-refractivity contribution < 1.29 is 23.7 Å². The third kappa shape index (κ3) is 4.97. The molecule has 2 aliphatic carbocycles. The molecule has 182 valence electrons. The fourth-order valence-corrected chi connectivity index (χ4v) is 5.84. The Hall–Kier alpha value is -3.15. The highest BCUT2D eigenvalue weighted by atomic mass is 16.7. The summed E-state index contributed by atoms with van der Waals surface area (Å²) in [5.74, 6) is 1.62. The normalized spacial score (nSPS) is 22.8. The van der Waals surface area contributed by atoms with Gasteiger partial charge in [0.2, 0.25) is 0 Å². The van der Waals surface area contributed by atoms with Crippen molar-refractivity contribution in [2.24, 2.45) is 17.8 Å². The number of carbonyl (C=O) groups is 1. The van der Waals surface area contributed by atoms with Crippen LogP contribution in [0.2, 0.25) is 0 Å². The Labute approximate surface area is 207 Å². The number of carbonyl (C=O) groups excluding carboxylic acids is 1. The molecule has 3 aromatic rings. The third-order valence-electron chi connectivity index (χ3n) is 7.54. The van der Waals surface area contributed by atoms with E-state index >= 15 is 0 Å². The predicted molar refractivity (Wildman–Crippen MR) is 134 cm³/mol. The van der Waals surface area contributed by atoms with E-state index in [-0.39, 0.29) is 24.8 Å². The van der Waals surface area contributed by atoms with Gasteiger partial charge in [-0.3, -0.25) is 0 Å². The molecule has 0 aromatic heterocycles. The van der Waals surface area contributed by atoms with Gasteiger partial charge in [0.15, 0.2) is 0 Å². The first kappa shape index (κ1) is 23.6. The molecule has 35 heavy (non-hydrogen) atoms. The highest BCUT2D eigenvalue weighted by molar-refractivity contribution is 5.90. The summed E-state index contributed by atoms with van der Waals surface area (Å²) in [7, 11) is 3.35. The molecule has 0 amide bonds. The van der Waals surface area contributed by atoms with Gasteiger partial charge in [-0.25, -0.2) is 4.79 Å². The molecule has 4 atom stereocenters. The third-order valence-corrected chi connectivity index (χ3v) is 7.54. The Morgan fingerprint density at radius 3 is 2.40 bits per heavy atom. The van der Waals surface area contributed by atoms with E-state index in [1.807, 2.05) is 48.5 Å². The average Bonchev–Trinajstić information content (AvgIpc) is 3.23. The van der Waals surface area contributed by atoms with Gasteiger partial charge in [0.25, 0.3) is 0 Å². The quantitative estimate of drug-likeness (QED) is 0.244. The van der Waals surface area contributed by atoms with Crippen LogP contribution in [0, 0.1) is 17.8 Å². The van der Waals surface area contributed by atoms with Gasteiger partial charge in [0.1, 0.15) is 18.6 Å². The summed E-state index contributed by atoms with van der Waals surface area (Å²) >= 11 is 0. The molecular weight excluding hydrogens is 440 g/mol. The van der Waals surface area contributed by atoms with Crippen LogP contribution >= 0.6 is 0 Å². The topological polar surface area (TPSA) is 54.0 Å². The maximum atomic E-state index is 13.1. The molecule has 2 aliphatic rings. The smallest absolute Gasteiger partial charge is 0.338 e. The van der Waals surface area contributed by atoms with E-state index in [1.54, 1.807) is 14.2 Å². The second-order valence-electron chi connectivity index (χ2n) is 9.49. The number of hydrogen-bond acceptors (Lipinski definition) is 5. The molecule has 1 unspecified atom stereocenters. The van der Waals surface area contributed by atoms with E-state index in [2.05, 4.69) is 24.3 Å². The van der Waals surface area contributed by atoms with E-state index in [1.165, 1.54) is 11.1 Å². The number of ether oxygens (including phenoxy) is 4. The molecule has 0 spiro atoms. The van der Waals surface area contributed by atoms with E-state index in [0.29, 0.717) is 24.0 Å². The van der Waals surface area contributed by atoms with Gasteiger partial charge in [-0.15, -0.1) is 0 Å². The van der Waals surface area contributed by atoms with Crippen LogP contribution in [0.3, 0.4) is 0 Å². The van der Waals surface area contributed by atoms with Crippen LogP contribution < -0.4 is 4.74 Å². The monoisotopic (exact) mass is 472 g/mol. The fourth-order valence-electron chi connectivity index (χ4n) is 5.84. The predicted octanol–water partition coefficient (Wildman–Crippen LogP) is 5.56. The molecule has 0 radical (unpaired) electrons. The molecule has 5 heteroatoms. The molecule has 5 nitrogen and oxygen atoms in total. The Morgan fingerprint density at radius 1 is 0.886 bits per heavy atom. The van der Waals surface area contributed by atoms with Gasteiger partial charge >= 0.3 is 5.97 Å². The Balaban J connectivity index is 1.32. The second-order valence-corrected chi connectivity index (χ2v) is 9.49. The van der Waals surface area contributed by atoms with Crippen molar-refractivity contribution in [2.45, 2.75) is 25.4 Å². The van der Waals surface area contributed by atoms with Crippen LogP contribution in [-0.4, -0.2) is 39.7 Å². The minimum Gasteiger partial charge on any atom is -0.496 e. The van der Waals surface area contributed by atoms with Crippen molar-refractivity contribution in [3.8, 4) is 16.9 Å². The molecular formula is C30H32O5. The number of benzene rings is 3. The summed E-state index contributed by atoms with van der Waals surface area (Å²) in [5, 5.41) is 0. The van der Waals surface area contributed by atoms with E-state index in [0.717, 1.165) is 36.1 Å². The first-order valence-corrected chi connectivity index (χ1v) is 12.3. The lowest BCUT2D eigenvalue weighted by Gasteiger charge is -2.32. The van der Waals surface area contributed by atoms with Gasteiger partial charge in [-0.2, -0.15) is 0 Å². The van der Waals surface area contributed by atoms with Crippen molar-refractivity contribution >= 4 is 5.97 Å². The standard InChI is InChI=1S/C30H32O5/c1-32-19-34-18-27-25-15-23-9-6-10-28(33-2)26(23)16-24(25)17-29(27)35-30(31)22-13-11-21(12-14-22)20-7-4-3-5-8-20/h3-14,24-25,27,29H,15-19H2,1-2H3/t24?,25-,27+,29+/m0/s1. The van der Waals surface area contributed by atoms with Crippen molar-refractivity contribution in [2.75, 3.05) is 27.6 Å². The van der Waals surface area contributed by atoms with Crippen LogP contribution in [0.5, 0.6) is 5.75 Å². The number of methoxy groups -OCH3 is 2. The molecule has 1 saturated carbocycles. The fraction of sp³-hybridized carbons (Fsp3) is 0.367. The van der Waals surface area contributed by atoms with Crippen LogP contribution in [0.1, 0.15) is 27.9 Å². The Kier molecular flexibility index (Phi) is 7.16. The molecule has 1 fully saturated rings. The van der Waals surface area contributed by atoms with Crippen LogP contribution in [-0.2, 0) is 27.1 Å². The summed E-state index contributed by atoms with van der Waals surface area (Å²) in [6, 6.07) is 24.1. The number of rotatable bonds is 8. The molecule has 3 aromatic carbocycles. The lowest BCUT2D eigenvalue weighted by atomic mass is 9.75. The average molecular weight is 473 g/mol. The zero-order valence-corrected chi connectivity index (χ0v) is 20.3. The van der Waals surface area contributed by atoms with Gasteiger partial charge in [0.05, 0.1) is 19.3 Å². The molecule has 0 bridgehead atoms. The van der Waals surface area contributed by atoms with Gasteiger partial charge in [-0.1, -0.05) is 54.6 Å². The van der Waals surface area contributed by atoms with Crippen LogP contribution in [0.4, 0.5) is 0 Å². The minimum atomic E-state index is -0.278. The second kappa shape index (κ2) is 10.6. The number of esters is 1. The van der Waals surface area contributed by atoms with Crippen molar-refractivity contribution in [3.63, 3.8) is 0 Å². The molecule has 0 N–H and O–H groups in total. The zero-order chi connectivity index (χ0) is 24.2. The first-order chi connectivity index (χ1) is 17.2. The minimum absolute atomic E-state index is 0.127. The van der Waals surface area contributed by atoms with Crippen LogP contribution in [0.15, 0.2) is 72.8 Å². The highest BCUT2D eigenvalue weighted by Gasteiger charge is 2.47. The SMILES string of the molecule is COCOC[C@H]1[C@H](OC(=O)c2ccc(-c3ccccc3)cc2)CC2Cc3c(cccc3OC)C[C@@H]21. The van der Waals surface area contributed by atoms with E-state index in [4.69, 9.17) is 18.9 Å². The molecule has 0 heterocycles. The number of hydrogen-bond donors (Lipinski definition) is 0. The lowest BCUT2D eigenvalue weighted by Crippen LogP contribution is -2.32. The van der Waals surface area contributed by atoms with E-state index < -0.39 is 0 Å². The largest absolute Gasteiger partial charge is 0.496 e. The van der Waals surface area contributed by atoms with Crippen molar-refractivity contribution in [1.82, 2.24) is 0 Å². The van der Waals surface area contributed by atoms with Gasteiger partial charge in [0, 0.05) is 13.0 Å². The van der Waals surface area contributed by atoms with Gasteiger partial charge in [-0.05, 0) is 71.6 Å². The maximum Gasteiger partial charge on any atom is 0.338 e. The summed E-state index contributed by atoms with van der Waals surface area (Å²) in [6.45, 7) is 0.749. The zero-order valence-electron chi connectivity index (χ0n) is 20.3. The Morgan fingerprint density at radius 2 is 1.66 bits per heavy atom. The molecule has 0 saturated heterocycles. The van der Waals surface area contributed by atoms with Crippen molar-refractivity contribution in [3.05, 3.63) is 89.5 Å². The summed E-state index contributed by atoms with van der Waals surface area (Å²) in [6.07, 6.45) is 2.52. The van der Waals surface area contributed by atoms with Gasteiger partial charge < -0.3 is 18.9 Å². The summed E-state index contributed by atoms with van der Waals surface area (Å²) in [5.41, 5.74) is 5.38.